The van der Waals surface area contributed by atoms with Gasteiger partial charge in [-0.2, -0.15) is 0 Å². The Morgan fingerprint density at radius 3 is 2.44 bits per heavy atom. The van der Waals surface area contributed by atoms with Gasteiger partial charge in [-0.25, -0.2) is 0 Å². The van der Waals surface area contributed by atoms with Crippen molar-refractivity contribution in [3.05, 3.63) is 35.9 Å². The normalized spacial score (nSPS) is 10.7. The number of aryl methyl sites for hydroxylation is 1. The molecule has 2 amide bonds. The summed E-state index contributed by atoms with van der Waals surface area (Å²) in [6.45, 7) is 7.22. The molecule has 2 aromatic rings. The molecule has 0 aliphatic heterocycles. The van der Waals surface area contributed by atoms with Crippen LogP contribution in [0.15, 0.2) is 34.9 Å². The van der Waals surface area contributed by atoms with Crippen molar-refractivity contribution in [3.8, 4) is 11.3 Å². The lowest BCUT2D eigenvalue weighted by Gasteiger charge is -2.18. The molecule has 0 spiro atoms. The molecule has 7 nitrogen and oxygen atoms in total. The van der Waals surface area contributed by atoms with Gasteiger partial charge in [-0.3, -0.25) is 19.8 Å². The molecule has 0 aliphatic carbocycles. The van der Waals surface area contributed by atoms with Gasteiger partial charge in [-0.1, -0.05) is 41.9 Å². The van der Waals surface area contributed by atoms with Crippen LogP contribution in [-0.2, 0) is 9.59 Å². The first-order valence-electron chi connectivity index (χ1n) is 8.34. The van der Waals surface area contributed by atoms with Gasteiger partial charge >= 0.3 is 0 Å². The van der Waals surface area contributed by atoms with Gasteiger partial charge in [0.15, 0.2) is 0 Å². The molecule has 134 valence electrons. The lowest BCUT2D eigenvalue weighted by atomic mass is 10.1. The maximum atomic E-state index is 12.1. The summed E-state index contributed by atoms with van der Waals surface area (Å²) in [6, 6.07) is 9.56. The summed E-state index contributed by atoms with van der Waals surface area (Å²) in [4.78, 5) is 25.5. The Bertz CT molecular complexity index is 709. The van der Waals surface area contributed by atoms with Crippen LogP contribution in [0.2, 0.25) is 0 Å². The maximum absolute atomic E-state index is 12.1. The Balaban J connectivity index is 1.92. The first-order valence-corrected chi connectivity index (χ1v) is 8.34. The number of amides is 2. The molecular formula is C18H24N4O3. The van der Waals surface area contributed by atoms with Crippen LogP contribution >= 0.6 is 0 Å². The number of carbonyl (C=O) groups excluding carboxylic acids is 2. The van der Waals surface area contributed by atoms with E-state index in [1.54, 1.807) is 11.0 Å². The highest BCUT2D eigenvalue weighted by Gasteiger charge is 2.15. The Morgan fingerprint density at radius 2 is 1.80 bits per heavy atom. The summed E-state index contributed by atoms with van der Waals surface area (Å²) in [5.74, 6) is -0.0640. The number of hydrogen-bond acceptors (Lipinski definition) is 5. The lowest BCUT2D eigenvalue weighted by Crippen LogP contribution is -2.40. The fourth-order valence-electron chi connectivity index (χ4n) is 2.31. The number of hydrogen-bond donors (Lipinski definition) is 2. The van der Waals surface area contributed by atoms with Gasteiger partial charge in [0, 0.05) is 18.2 Å². The number of nitrogens with zero attached hydrogens (tertiary/aromatic N) is 2. The molecule has 0 fully saturated rings. The van der Waals surface area contributed by atoms with E-state index >= 15 is 0 Å². The topological polar surface area (TPSA) is 87.5 Å². The van der Waals surface area contributed by atoms with E-state index in [9.17, 15) is 9.59 Å². The molecule has 7 heteroatoms. The second-order valence-electron chi connectivity index (χ2n) is 5.75. The summed E-state index contributed by atoms with van der Waals surface area (Å²) in [6.07, 6.45) is 0. The van der Waals surface area contributed by atoms with Crippen LogP contribution in [0.25, 0.3) is 11.3 Å². The Labute approximate surface area is 147 Å². The van der Waals surface area contributed by atoms with Crippen molar-refractivity contribution in [1.82, 2.24) is 15.4 Å². The molecule has 0 radical (unpaired) electrons. The summed E-state index contributed by atoms with van der Waals surface area (Å²) < 4.78 is 5.18. The fourth-order valence-corrected chi connectivity index (χ4v) is 2.31. The second kappa shape index (κ2) is 8.98. The monoisotopic (exact) mass is 344 g/mol. The molecule has 0 saturated heterocycles. The number of rotatable bonds is 8. The molecule has 0 atom stereocenters. The molecule has 0 unspecified atom stereocenters. The first kappa shape index (κ1) is 18.7. The van der Waals surface area contributed by atoms with Crippen molar-refractivity contribution in [1.29, 1.82) is 0 Å². The van der Waals surface area contributed by atoms with E-state index in [0.29, 0.717) is 18.8 Å². The fraction of sp³-hybridized carbons (Fsp3) is 0.389. The average Bonchev–Trinajstić information content (AvgIpc) is 3.03. The van der Waals surface area contributed by atoms with Crippen molar-refractivity contribution >= 4 is 17.7 Å². The third-order valence-electron chi connectivity index (χ3n) is 3.68. The van der Waals surface area contributed by atoms with Gasteiger partial charge in [0.05, 0.1) is 13.1 Å². The summed E-state index contributed by atoms with van der Waals surface area (Å²) in [5, 5.41) is 9.36. The molecule has 0 saturated carbocycles. The van der Waals surface area contributed by atoms with Crippen LogP contribution in [0.3, 0.4) is 0 Å². The van der Waals surface area contributed by atoms with Gasteiger partial charge in [-0.05, 0) is 20.4 Å². The molecule has 1 aromatic heterocycles. The Hall–Kier alpha value is -2.67. The molecule has 1 aromatic carbocycles. The number of likely N-dealkylation sites (N-methyl/N-ethyl adjacent to an activating group) is 2. The number of carbonyl (C=O) groups is 2. The van der Waals surface area contributed by atoms with Crippen LogP contribution < -0.4 is 10.6 Å². The standard InChI is InChI=1S/C18H24N4O3/c1-4-19-16(23)11-22(5-2)12-17(24)20-18-10-15(21-25-18)14-8-6-13(3)7-9-14/h6-10H,4-5,11-12H2,1-3H3,(H,19,23)(H,20,24). The van der Waals surface area contributed by atoms with Gasteiger partial charge in [0.2, 0.25) is 17.7 Å². The van der Waals surface area contributed by atoms with Gasteiger partial charge in [-0.15, -0.1) is 0 Å². The molecular weight excluding hydrogens is 320 g/mol. The van der Waals surface area contributed by atoms with Crippen molar-refractivity contribution in [3.63, 3.8) is 0 Å². The van der Waals surface area contributed by atoms with Gasteiger partial charge in [0.25, 0.3) is 0 Å². The average molecular weight is 344 g/mol. The van der Waals surface area contributed by atoms with Crippen molar-refractivity contribution in [2.45, 2.75) is 20.8 Å². The van der Waals surface area contributed by atoms with Crippen LogP contribution in [0.5, 0.6) is 0 Å². The third-order valence-corrected chi connectivity index (χ3v) is 3.68. The number of nitrogens with one attached hydrogen (secondary N) is 2. The van der Waals surface area contributed by atoms with Crippen LogP contribution in [0, 0.1) is 6.92 Å². The highest BCUT2D eigenvalue weighted by atomic mass is 16.5. The molecule has 1 heterocycles. The minimum Gasteiger partial charge on any atom is -0.355 e. The Morgan fingerprint density at radius 1 is 1.12 bits per heavy atom. The van der Waals surface area contributed by atoms with E-state index in [4.69, 9.17) is 4.52 Å². The first-order chi connectivity index (χ1) is 12.0. The SMILES string of the molecule is CCNC(=O)CN(CC)CC(=O)Nc1cc(-c2ccc(C)cc2)no1. The zero-order chi connectivity index (χ0) is 18.2. The quantitative estimate of drug-likeness (QED) is 0.765. The van der Waals surface area contributed by atoms with Crippen LogP contribution in [-0.4, -0.2) is 48.0 Å². The predicted molar refractivity (Wildman–Crippen MR) is 96.1 cm³/mol. The van der Waals surface area contributed by atoms with E-state index in [-0.39, 0.29) is 30.8 Å². The minimum atomic E-state index is -0.252. The van der Waals surface area contributed by atoms with Gasteiger partial charge in [0.1, 0.15) is 5.69 Å². The molecule has 2 N–H and O–H groups in total. The summed E-state index contributed by atoms with van der Waals surface area (Å²) in [7, 11) is 0. The predicted octanol–water partition coefficient (Wildman–Crippen LogP) is 2.05. The van der Waals surface area contributed by atoms with E-state index < -0.39 is 0 Å². The Kier molecular flexibility index (Phi) is 6.71. The smallest absolute Gasteiger partial charge is 0.240 e. The second-order valence-corrected chi connectivity index (χ2v) is 5.75. The van der Waals surface area contributed by atoms with Crippen LogP contribution in [0.1, 0.15) is 19.4 Å². The van der Waals surface area contributed by atoms with Gasteiger partial charge < -0.3 is 9.84 Å². The molecule has 25 heavy (non-hydrogen) atoms. The number of benzene rings is 1. The van der Waals surface area contributed by atoms with E-state index in [1.165, 1.54) is 0 Å². The summed E-state index contributed by atoms with van der Waals surface area (Å²) in [5.41, 5.74) is 2.73. The van der Waals surface area contributed by atoms with Crippen molar-refractivity contribution in [2.75, 3.05) is 31.5 Å². The summed E-state index contributed by atoms with van der Waals surface area (Å²) >= 11 is 0. The van der Waals surface area contributed by atoms with E-state index in [1.807, 2.05) is 45.0 Å². The minimum absolute atomic E-state index is 0.0986. The van der Waals surface area contributed by atoms with E-state index in [0.717, 1.165) is 11.1 Å². The van der Waals surface area contributed by atoms with Crippen molar-refractivity contribution in [2.24, 2.45) is 0 Å². The molecule has 0 aliphatic rings. The zero-order valence-corrected chi connectivity index (χ0v) is 14.8. The molecule has 0 bridgehead atoms. The number of anilines is 1. The largest absolute Gasteiger partial charge is 0.355 e. The third kappa shape index (κ3) is 5.72. The van der Waals surface area contributed by atoms with E-state index in [2.05, 4.69) is 15.8 Å². The highest BCUT2D eigenvalue weighted by molar-refractivity contribution is 5.91. The zero-order valence-electron chi connectivity index (χ0n) is 14.8. The number of aromatic nitrogens is 1. The highest BCUT2D eigenvalue weighted by Crippen LogP contribution is 2.21. The lowest BCUT2D eigenvalue weighted by molar-refractivity contribution is -0.123. The van der Waals surface area contributed by atoms with Crippen molar-refractivity contribution < 1.29 is 14.1 Å². The van der Waals surface area contributed by atoms with Crippen LogP contribution in [0.4, 0.5) is 5.88 Å². The maximum Gasteiger partial charge on any atom is 0.240 e. The molecule has 2 rings (SSSR count).